The van der Waals surface area contributed by atoms with Crippen molar-refractivity contribution in [1.29, 1.82) is 0 Å². The Morgan fingerprint density at radius 1 is 1.00 bits per heavy atom. The van der Waals surface area contributed by atoms with Gasteiger partial charge in [-0.1, -0.05) is 23.8 Å². The molecule has 0 radical (unpaired) electrons. The summed E-state index contributed by atoms with van der Waals surface area (Å²) in [4.78, 5) is 32.5. The molecule has 0 fully saturated rings. The van der Waals surface area contributed by atoms with Crippen LogP contribution in [0.15, 0.2) is 47.6 Å². The summed E-state index contributed by atoms with van der Waals surface area (Å²) < 4.78 is 0. The third-order valence-corrected chi connectivity index (χ3v) is 2.42. The minimum absolute atomic E-state index is 0.0539. The molecule has 0 aromatic carbocycles. The fourth-order valence-corrected chi connectivity index (χ4v) is 1.28. The summed E-state index contributed by atoms with van der Waals surface area (Å²) in [6.07, 6.45) is 11.6. The number of aldehydes is 1. The van der Waals surface area contributed by atoms with Crippen LogP contribution in [0.25, 0.3) is 0 Å². The van der Waals surface area contributed by atoms with Gasteiger partial charge in [0.05, 0.1) is 0 Å². The number of rotatable bonds is 8. The predicted molar refractivity (Wildman–Crippen MR) is 76.8 cm³/mol. The Balaban J connectivity index is 4.29. The van der Waals surface area contributed by atoms with Crippen LogP contribution in [0.4, 0.5) is 0 Å². The average Bonchev–Trinajstić information content (AvgIpc) is 2.34. The molecule has 0 rings (SSSR count). The van der Waals surface area contributed by atoms with E-state index in [0.29, 0.717) is 5.57 Å². The molecule has 0 atom stereocenters. The number of hydrogen-bond donors (Lipinski definition) is 0. The van der Waals surface area contributed by atoms with Gasteiger partial charge in [-0.15, -0.1) is 0 Å². The van der Waals surface area contributed by atoms with Gasteiger partial charge in [-0.25, -0.2) is 0 Å². The van der Waals surface area contributed by atoms with Crippen molar-refractivity contribution in [3.05, 3.63) is 47.6 Å². The van der Waals surface area contributed by atoms with E-state index in [4.69, 9.17) is 0 Å². The van der Waals surface area contributed by atoms with Crippen LogP contribution in [-0.4, -0.2) is 17.9 Å². The molecular weight excluding hydrogens is 240 g/mol. The van der Waals surface area contributed by atoms with Crippen LogP contribution >= 0.6 is 0 Å². The van der Waals surface area contributed by atoms with Crippen molar-refractivity contribution in [2.75, 3.05) is 0 Å². The first-order valence-electron chi connectivity index (χ1n) is 6.14. The lowest BCUT2D eigenvalue weighted by Gasteiger charge is -1.97. The van der Waals surface area contributed by atoms with E-state index in [1.807, 2.05) is 13.0 Å². The fourth-order valence-electron chi connectivity index (χ4n) is 1.28. The molecule has 0 unspecified atom stereocenters. The largest absolute Gasteiger partial charge is 0.299 e. The Morgan fingerprint density at radius 3 is 2.21 bits per heavy atom. The molecule has 0 saturated carbocycles. The van der Waals surface area contributed by atoms with Crippen LogP contribution in [0.1, 0.15) is 33.6 Å². The fraction of sp³-hybridized carbons (Fsp3) is 0.312. The number of carbonyl (C=O) groups excluding carboxylic acids is 3. The van der Waals surface area contributed by atoms with E-state index in [1.165, 1.54) is 25.2 Å². The molecule has 0 saturated heterocycles. The van der Waals surface area contributed by atoms with Crippen molar-refractivity contribution in [2.45, 2.75) is 33.6 Å². The van der Waals surface area contributed by atoms with Gasteiger partial charge in [-0.05, 0) is 57.4 Å². The van der Waals surface area contributed by atoms with Crippen LogP contribution < -0.4 is 0 Å². The number of carbonyl (C=O) groups is 3. The lowest BCUT2D eigenvalue weighted by Crippen LogP contribution is -1.94. The number of ketones is 2. The summed E-state index contributed by atoms with van der Waals surface area (Å²) in [7, 11) is 0. The molecular formula is C16H20O3. The minimum atomic E-state index is -0.0785. The van der Waals surface area contributed by atoms with E-state index in [-0.39, 0.29) is 11.6 Å². The van der Waals surface area contributed by atoms with Gasteiger partial charge in [0.25, 0.3) is 0 Å². The molecule has 0 amide bonds. The van der Waals surface area contributed by atoms with Crippen LogP contribution in [-0.2, 0) is 14.4 Å². The second kappa shape index (κ2) is 9.95. The molecule has 3 nitrogen and oxygen atoms in total. The van der Waals surface area contributed by atoms with Crippen molar-refractivity contribution in [3.63, 3.8) is 0 Å². The molecule has 0 aromatic rings. The molecule has 0 bridgehead atoms. The van der Waals surface area contributed by atoms with Gasteiger partial charge >= 0.3 is 0 Å². The Morgan fingerprint density at radius 2 is 1.63 bits per heavy atom. The average molecular weight is 260 g/mol. The lowest BCUT2D eigenvalue weighted by atomic mass is 10.1. The summed E-state index contributed by atoms with van der Waals surface area (Å²) in [5, 5.41) is 0. The maximum atomic E-state index is 11.6. The summed E-state index contributed by atoms with van der Waals surface area (Å²) in [5.74, 6) is -0.132. The normalized spacial score (nSPS) is 13.2. The highest BCUT2D eigenvalue weighted by atomic mass is 16.1. The Labute approximate surface area is 114 Å². The van der Waals surface area contributed by atoms with Gasteiger partial charge in [0.1, 0.15) is 6.29 Å². The third kappa shape index (κ3) is 9.65. The standard InChI is InChI=1S/C16H20O3/c1-13(11-12-17)7-6-8-14(2)16(19)10-5-4-9-15(3)18/h4-5,8-12H,6-7H2,1-3H3. The van der Waals surface area contributed by atoms with E-state index in [0.717, 1.165) is 24.7 Å². The summed E-state index contributed by atoms with van der Waals surface area (Å²) >= 11 is 0. The monoisotopic (exact) mass is 260 g/mol. The summed E-state index contributed by atoms with van der Waals surface area (Å²) in [6.45, 7) is 5.08. The van der Waals surface area contributed by atoms with Gasteiger partial charge in [0.15, 0.2) is 11.6 Å². The highest BCUT2D eigenvalue weighted by Crippen LogP contribution is 2.07. The smallest absolute Gasteiger partial charge is 0.181 e. The Hall–Kier alpha value is -2.03. The molecule has 19 heavy (non-hydrogen) atoms. The van der Waals surface area contributed by atoms with E-state index in [2.05, 4.69) is 0 Å². The molecule has 0 N–H and O–H groups in total. The highest BCUT2D eigenvalue weighted by molar-refractivity contribution is 6.03. The van der Waals surface area contributed by atoms with Crippen molar-refractivity contribution in [3.8, 4) is 0 Å². The Kier molecular flexibility index (Phi) is 8.88. The van der Waals surface area contributed by atoms with E-state index >= 15 is 0 Å². The molecule has 0 aliphatic carbocycles. The van der Waals surface area contributed by atoms with E-state index in [9.17, 15) is 14.4 Å². The first-order chi connectivity index (χ1) is 8.97. The molecule has 0 aliphatic heterocycles. The molecule has 0 aliphatic rings. The lowest BCUT2D eigenvalue weighted by molar-refractivity contribution is -0.113. The second-order valence-electron chi connectivity index (χ2n) is 4.27. The van der Waals surface area contributed by atoms with Crippen molar-refractivity contribution in [2.24, 2.45) is 0 Å². The maximum absolute atomic E-state index is 11.6. The number of hydrogen-bond acceptors (Lipinski definition) is 3. The molecule has 3 heteroatoms. The van der Waals surface area contributed by atoms with Gasteiger partial charge < -0.3 is 0 Å². The van der Waals surface area contributed by atoms with Crippen LogP contribution in [0.3, 0.4) is 0 Å². The molecule has 0 aromatic heterocycles. The highest BCUT2D eigenvalue weighted by Gasteiger charge is 1.98. The summed E-state index contributed by atoms with van der Waals surface area (Å²) in [6, 6.07) is 0. The van der Waals surface area contributed by atoms with Gasteiger partial charge in [-0.3, -0.25) is 14.4 Å². The zero-order valence-electron chi connectivity index (χ0n) is 11.7. The zero-order chi connectivity index (χ0) is 14.7. The quantitative estimate of drug-likeness (QED) is 0.383. The van der Waals surface area contributed by atoms with Gasteiger partial charge in [-0.2, -0.15) is 0 Å². The van der Waals surface area contributed by atoms with Gasteiger partial charge in [0.2, 0.25) is 0 Å². The van der Waals surface area contributed by atoms with Crippen molar-refractivity contribution >= 4 is 17.9 Å². The zero-order valence-corrected chi connectivity index (χ0v) is 11.7. The third-order valence-electron chi connectivity index (χ3n) is 2.42. The van der Waals surface area contributed by atoms with E-state index < -0.39 is 0 Å². The van der Waals surface area contributed by atoms with Crippen LogP contribution in [0, 0.1) is 0 Å². The first kappa shape index (κ1) is 17.0. The van der Waals surface area contributed by atoms with E-state index in [1.54, 1.807) is 19.1 Å². The first-order valence-corrected chi connectivity index (χ1v) is 6.14. The summed E-state index contributed by atoms with van der Waals surface area (Å²) in [5.41, 5.74) is 1.65. The Bertz CT molecular complexity index is 449. The maximum Gasteiger partial charge on any atom is 0.181 e. The molecule has 0 spiro atoms. The van der Waals surface area contributed by atoms with Crippen LogP contribution in [0.5, 0.6) is 0 Å². The number of allylic oxidation sites excluding steroid dienone is 8. The van der Waals surface area contributed by atoms with Crippen LogP contribution in [0.2, 0.25) is 0 Å². The predicted octanol–water partition coefficient (Wildman–Crippen LogP) is 3.13. The van der Waals surface area contributed by atoms with Crippen molar-refractivity contribution < 1.29 is 14.4 Å². The second-order valence-corrected chi connectivity index (χ2v) is 4.27. The van der Waals surface area contributed by atoms with Crippen molar-refractivity contribution in [1.82, 2.24) is 0 Å². The molecule has 0 heterocycles. The topological polar surface area (TPSA) is 51.2 Å². The minimum Gasteiger partial charge on any atom is -0.299 e. The SMILES string of the molecule is CC(=O)C=CC=CC(=O)C(C)=CCCC(C)=CC=O. The molecule has 102 valence electrons. The van der Waals surface area contributed by atoms with Gasteiger partial charge in [0, 0.05) is 0 Å².